The van der Waals surface area contributed by atoms with Gasteiger partial charge in [0.1, 0.15) is 29.7 Å². The highest BCUT2D eigenvalue weighted by Gasteiger charge is 2.11. The highest BCUT2D eigenvalue weighted by molar-refractivity contribution is 14.1. The summed E-state index contributed by atoms with van der Waals surface area (Å²) in [5, 5.41) is 12.6. The molecule has 32 heavy (non-hydrogen) atoms. The second-order valence-electron chi connectivity index (χ2n) is 6.69. The number of benzene rings is 3. The molecule has 0 aliphatic carbocycles. The fourth-order valence-corrected chi connectivity index (χ4v) is 3.38. The van der Waals surface area contributed by atoms with Crippen LogP contribution in [0.2, 0.25) is 5.02 Å². The van der Waals surface area contributed by atoms with Crippen molar-refractivity contribution < 1.29 is 14.3 Å². The van der Waals surface area contributed by atoms with E-state index >= 15 is 0 Å². The molecular formula is C25H20ClIN2O3. The van der Waals surface area contributed by atoms with E-state index in [1.54, 1.807) is 42.5 Å². The summed E-state index contributed by atoms with van der Waals surface area (Å²) in [5.41, 5.74) is 2.18. The number of amides is 1. The van der Waals surface area contributed by atoms with E-state index in [1.165, 1.54) is 6.08 Å². The Morgan fingerprint density at radius 1 is 1.09 bits per heavy atom. The summed E-state index contributed by atoms with van der Waals surface area (Å²) in [6, 6.07) is 22.0. The molecular weight excluding hydrogens is 539 g/mol. The number of carbonyl (C=O) groups is 1. The van der Waals surface area contributed by atoms with Crippen LogP contribution in [-0.2, 0) is 11.4 Å². The standard InChI is InChI=1S/C25H20ClIN2O3/c1-2-31-22-10-8-21(9-11-22)29-25(30)19(15-28)13-18-5-12-24(23(26)14-18)32-16-17-3-6-20(27)7-4-17/h3-14H,2,16H2,1H3,(H,29,30)/b19-13+. The summed E-state index contributed by atoms with van der Waals surface area (Å²) < 4.78 is 12.3. The Hall–Kier alpha value is -3.02. The van der Waals surface area contributed by atoms with Crippen molar-refractivity contribution in [3.8, 4) is 17.6 Å². The molecule has 162 valence electrons. The van der Waals surface area contributed by atoms with Crippen LogP contribution < -0.4 is 14.8 Å². The van der Waals surface area contributed by atoms with Gasteiger partial charge in [-0.3, -0.25) is 4.79 Å². The first-order valence-corrected chi connectivity index (χ1v) is 11.3. The number of nitriles is 1. The van der Waals surface area contributed by atoms with Crippen LogP contribution in [-0.4, -0.2) is 12.5 Å². The number of rotatable bonds is 8. The molecule has 0 saturated carbocycles. The van der Waals surface area contributed by atoms with Gasteiger partial charge in [0.25, 0.3) is 5.91 Å². The zero-order valence-electron chi connectivity index (χ0n) is 17.3. The van der Waals surface area contributed by atoms with Crippen LogP contribution in [0.25, 0.3) is 6.08 Å². The Balaban J connectivity index is 1.66. The monoisotopic (exact) mass is 558 g/mol. The Morgan fingerprint density at radius 2 is 1.81 bits per heavy atom. The molecule has 0 bridgehead atoms. The lowest BCUT2D eigenvalue weighted by atomic mass is 10.1. The molecule has 0 atom stereocenters. The molecule has 0 spiro atoms. The van der Waals surface area contributed by atoms with Crippen molar-refractivity contribution in [1.29, 1.82) is 5.26 Å². The van der Waals surface area contributed by atoms with Gasteiger partial charge in [-0.25, -0.2) is 0 Å². The smallest absolute Gasteiger partial charge is 0.266 e. The van der Waals surface area contributed by atoms with Gasteiger partial charge in [-0.1, -0.05) is 29.8 Å². The Morgan fingerprint density at radius 3 is 2.44 bits per heavy atom. The van der Waals surface area contributed by atoms with Gasteiger partial charge in [0.05, 0.1) is 11.6 Å². The minimum absolute atomic E-state index is 0.0393. The van der Waals surface area contributed by atoms with E-state index in [1.807, 2.05) is 37.3 Å². The van der Waals surface area contributed by atoms with Gasteiger partial charge in [-0.2, -0.15) is 5.26 Å². The molecule has 0 unspecified atom stereocenters. The molecule has 0 aliphatic heterocycles. The van der Waals surface area contributed by atoms with Gasteiger partial charge in [-0.15, -0.1) is 0 Å². The molecule has 3 aromatic rings. The SMILES string of the molecule is CCOc1ccc(NC(=O)/C(C#N)=C/c2ccc(OCc3ccc(I)cc3)c(Cl)c2)cc1. The first-order valence-electron chi connectivity index (χ1n) is 9.81. The van der Waals surface area contributed by atoms with Crippen molar-refractivity contribution >= 4 is 51.9 Å². The van der Waals surface area contributed by atoms with Crippen molar-refractivity contribution in [2.24, 2.45) is 0 Å². The van der Waals surface area contributed by atoms with Crippen molar-refractivity contribution in [1.82, 2.24) is 0 Å². The van der Waals surface area contributed by atoms with Gasteiger partial charge in [-0.05, 0) is 95.2 Å². The molecule has 0 aliphatic rings. The average molecular weight is 559 g/mol. The third-order valence-electron chi connectivity index (χ3n) is 4.36. The van der Waals surface area contributed by atoms with Gasteiger partial charge >= 0.3 is 0 Å². The van der Waals surface area contributed by atoms with Crippen LogP contribution in [0.4, 0.5) is 5.69 Å². The third kappa shape index (κ3) is 6.74. The van der Waals surface area contributed by atoms with Crippen molar-refractivity contribution in [2.75, 3.05) is 11.9 Å². The predicted octanol–water partition coefficient (Wildman–Crippen LogP) is 6.47. The highest BCUT2D eigenvalue weighted by Crippen LogP contribution is 2.27. The van der Waals surface area contributed by atoms with Crippen molar-refractivity contribution in [3.05, 3.63) is 92.0 Å². The molecule has 3 rings (SSSR count). The summed E-state index contributed by atoms with van der Waals surface area (Å²) >= 11 is 8.60. The van der Waals surface area contributed by atoms with Crippen LogP contribution >= 0.6 is 34.2 Å². The van der Waals surface area contributed by atoms with Crippen LogP contribution in [0.5, 0.6) is 11.5 Å². The van der Waals surface area contributed by atoms with Crippen LogP contribution in [0.15, 0.2) is 72.3 Å². The van der Waals surface area contributed by atoms with Crippen molar-refractivity contribution in [2.45, 2.75) is 13.5 Å². The molecule has 0 aromatic heterocycles. The van der Waals surface area contributed by atoms with Crippen LogP contribution in [0.1, 0.15) is 18.1 Å². The fourth-order valence-electron chi connectivity index (χ4n) is 2.78. The van der Waals surface area contributed by atoms with E-state index in [9.17, 15) is 10.1 Å². The van der Waals surface area contributed by atoms with E-state index in [-0.39, 0.29) is 5.57 Å². The molecule has 0 radical (unpaired) electrons. The van der Waals surface area contributed by atoms with E-state index in [4.69, 9.17) is 21.1 Å². The second-order valence-corrected chi connectivity index (χ2v) is 8.34. The Labute approximate surface area is 205 Å². The molecule has 1 amide bonds. The molecule has 5 nitrogen and oxygen atoms in total. The number of nitrogens with one attached hydrogen (secondary N) is 1. The largest absolute Gasteiger partial charge is 0.494 e. The maximum atomic E-state index is 12.5. The maximum absolute atomic E-state index is 12.5. The van der Waals surface area contributed by atoms with Crippen LogP contribution in [0.3, 0.4) is 0 Å². The number of hydrogen-bond acceptors (Lipinski definition) is 4. The summed E-state index contributed by atoms with van der Waals surface area (Å²) in [5.74, 6) is 0.729. The zero-order chi connectivity index (χ0) is 22.9. The lowest BCUT2D eigenvalue weighted by Crippen LogP contribution is -2.13. The lowest BCUT2D eigenvalue weighted by molar-refractivity contribution is -0.112. The normalized spacial score (nSPS) is 10.9. The summed E-state index contributed by atoms with van der Waals surface area (Å²) in [6.07, 6.45) is 1.48. The molecule has 0 fully saturated rings. The molecule has 0 heterocycles. The molecule has 1 N–H and O–H groups in total. The van der Waals surface area contributed by atoms with E-state index < -0.39 is 5.91 Å². The van der Waals surface area contributed by atoms with Gasteiger partial charge in [0, 0.05) is 9.26 Å². The summed E-state index contributed by atoms with van der Waals surface area (Å²) in [7, 11) is 0. The minimum atomic E-state index is -0.508. The average Bonchev–Trinajstić information content (AvgIpc) is 2.79. The number of nitrogens with zero attached hydrogens (tertiary/aromatic N) is 1. The predicted molar refractivity (Wildman–Crippen MR) is 135 cm³/mol. The molecule has 3 aromatic carbocycles. The van der Waals surface area contributed by atoms with Gasteiger partial charge < -0.3 is 14.8 Å². The second kappa shape index (κ2) is 11.6. The highest BCUT2D eigenvalue weighted by atomic mass is 127. The Bertz CT molecular complexity index is 1150. The molecule has 0 saturated heterocycles. The van der Waals surface area contributed by atoms with Crippen molar-refractivity contribution in [3.63, 3.8) is 0 Å². The molecule has 7 heteroatoms. The van der Waals surface area contributed by atoms with E-state index in [0.29, 0.717) is 41.0 Å². The van der Waals surface area contributed by atoms with Gasteiger partial charge in [0.2, 0.25) is 0 Å². The Kier molecular flexibility index (Phi) is 8.54. The lowest BCUT2D eigenvalue weighted by Gasteiger charge is -2.09. The summed E-state index contributed by atoms with van der Waals surface area (Å²) in [4.78, 5) is 12.5. The third-order valence-corrected chi connectivity index (χ3v) is 5.38. The topological polar surface area (TPSA) is 71.3 Å². The van der Waals surface area contributed by atoms with Crippen LogP contribution in [0, 0.1) is 14.9 Å². The number of halogens is 2. The quantitative estimate of drug-likeness (QED) is 0.195. The summed E-state index contributed by atoms with van der Waals surface area (Å²) in [6.45, 7) is 2.85. The number of hydrogen-bond donors (Lipinski definition) is 1. The van der Waals surface area contributed by atoms with Gasteiger partial charge in [0.15, 0.2) is 0 Å². The van der Waals surface area contributed by atoms with E-state index in [0.717, 1.165) is 9.13 Å². The fraction of sp³-hybridized carbons (Fsp3) is 0.120. The maximum Gasteiger partial charge on any atom is 0.266 e. The number of anilines is 1. The minimum Gasteiger partial charge on any atom is -0.494 e. The first kappa shape index (κ1) is 23.6. The first-order chi connectivity index (χ1) is 15.5. The van der Waals surface area contributed by atoms with E-state index in [2.05, 4.69) is 27.9 Å². The number of ether oxygens (including phenoxy) is 2. The zero-order valence-corrected chi connectivity index (χ0v) is 20.2. The number of carbonyl (C=O) groups excluding carboxylic acids is 1.